The highest BCUT2D eigenvalue weighted by Crippen LogP contribution is 2.37. The second-order valence-corrected chi connectivity index (χ2v) is 10.5. The van der Waals surface area contributed by atoms with E-state index < -0.39 is 18.8 Å². The molecular formula is C12H18Cl2OSi. The Kier molecular flexibility index (Phi) is 4.47. The molecule has 0 aliphatic rings. The van der Waals surface area contributed by atoms with E-state index in [9.17, 15) is 0 Å². The summed E-state index contributed by atoms with van der Waals surface area (Å²) in [5.74, 6) is 0. The van der Waals surface area contributed by atoms with E-state index in [0.717, 1.165) is 5.56 Å². The Morgan fingerprint density at radius 3 is 2.00 bits per heavy atom. The van der Waals surface area contributed by atoms with Gasteiger partial charge in [0.05, 0.1) is 0 Å². The van der Waals surface area contributed by atoms with Crippen LogP contribution in [0.4, 0.5) is 0 Å². The SMILES string of the molecule is CC(O[Si](C)(C)C)(c1ccccc1)C(Cl)Cl. The maximum absolute atomic E-state index is 6.15. The largest absolute Gasteiger partial charge is 0.406 e. The van der Waals surface area contributed by atoms with Gasteiger partial charge < -0.3 is 4.43 Å². The molecule has 4 heteroatoms. The maximum Gasteiger partial charge on any atom is 0.185 e. The molecule has 1 rings (SSSR count). The van der Waals surface area contributed by atoms with Gasteiger partial charge in [0.2, 0.25) is 0 Å². The van der Waals surface area contributed by atoms with E-state index >= 15 is 0 Å². The Morgan fingerprint density at radius 2 is 1.62 bits per heavy atom. The lowest BCUT2D eigenvalue weighted by Crippen LogP contribution is -2.42. The first-order valence-electron chi connectivity index (χ1n) is 5.29. The lowest BCUT2D eigenvalue weighted by atomic mass is 9.98. The van der Waals surface area contributed by atoms with E-state index in [1.54, 1.807) is 0 Å². The summed E-state index contributed by atoms with van der Waals surface area (Å²) in [5, 5.41) is 0. The monoisotopic (exact) mass is 276 g/mol. The average Bonchev–Trinajstić information content (AvgIpc) is 2.16. The minimum Gasteiger partial charge on any atom is -0.406 e. The van der Waals surface area contributed by atoms with Crippen molar-refractivity contribution < 1.29 is 4.43 Å². The fraction of sp³-hybridized carbons (Fsp3) is 0.500. The molecule has 1 nitrogen and oxygen atoms in total. The maximum atomic E-state index is 6.15. The van der Waals surface area contributed by atoms with Crippen LogP contribution in [0.15, 0.2) is 30.3 Å². The van der Waals surface area contributed by atoms with E-state index in [0.29, 0.717) is 0 Å². The molecule has 1 aromatic carbocycles. The molecular weight excluding hydrogens is 259 g/mol. The van der Waals surface area contributed by atoms with Crippen molar-refractivity contribution in [3.8, 4) is 0 Å². The van der Waals surface area contributed by atoms with Crippen LogP contribution in [0.1, 0.15) is 12.5 Å². The summed E-state index contributed by atoms with van der Waals surface area (Å²) in [6.45, 7) is 8.34. The van der Waals surface area contributed by atoms with Crippen LogP contribution in [-0.4, -0.2) is 13.2 Å². The lowest BCUT2D eigenvalue weighted by molar-refractivity contribution is 0.0934. The van der Waals surface area contributed by atoms with Crippen molar-refractivity contribution in [2.24, 2.45) is 0 Å². The van der Waals surface area contributed by atoms with Crippen LogP contribution < -0.4 is 0 Å². The van der Waals surface area contributed by atoms with E-state index in [1.807, 2.05) is 37.3 Å². The minimum atomic E-state index is -1.71. The van der Waals surface area contributed by atoms with Crippen molar-refractivity contribution in [1.82, 2.24) is 0 Å². The van der Waals surface area contributed by atoms with Crippen molar-refractivity contribution in [2.45, 2.75) is 37.0 Å². The van der Waals surface area contributed by atoms with E-state index in [1.165, 1.54) is 0 Å². The second kappa shape index (κ2) is 5.09. The van der Waals surface area contributed by atoms with Crippen LogP contribution in [0.25, 0.3) is 0 Å². The molecule has 0 saturated carbocycles. The third kappa shape index (κ3) is 3.49. The Balaban J connectivity index is 3.08. The Hall–Kier alpha value is -0.0231. The molecule has 0 saturated heterocycles. The van der Waals surface area contributed by atoms with Gasteiger partial charge in [0.1, 0.15) is 10.4 Å². The molecule has 90 valence electrons. The quantitative estimate of drug-likeness (QED) is 0.579. The zero-order valence-electron chi connectivity index (χ0n) is 10.1. The molecule has 0 bridgehead atoms. The minimum absolute atomic E-state index is 0.582. The normalized spacial score (nSPS) is 16.2. The molecule has 0 aliphatic carbocycles. The molecule has 0 spiro atoms. The number of rotatable bonds is 4. The van der Waals surface area contributed by atoms with Crippen molar-refractivity contribution in [3.63, 3.8) is 0 Å². The third-order valence-electron chi connectivity index (χ3n) is 2.28. The Labute approximate surface area is 109 Å². The highest BCUT2D eigenvalue weighted by atomic mass is 35.5. The number of hydrogen-bond donors (Lipinski definition) is 0. The van der Waals surface area contributed by atoms with Gasteiger partial charge in [-0.05, 0) is 32.1 Å². The first kappa shape index (κ1) is 14.0. The zero-order valence-corrected chi connectivity index (χ0v) is 12.6. The summed E-state index contributed by atoms with van der Waals surface area (Å²) in [5.41, 5.74) is 0.391. The zero-order chi connectivity index (χ0) is 12.4. The van der Waals surface area contributed by atoms with Gasteiger partial charge in [-0.2, -0.15) is 0 Å². The van der Waals surface area contributed by atoms with Gasteiger partial charge >= 0.3 is 0 Å². The smallest absolute Gasteiger partial charge is 0.185 e. The van der Waals surface area contributed by atoms with Gasteiger partial charge in [0, 0.05) is 0 Å². The number of hydrogen-bond acceptors (Lipinski definition) is 1. The average molecular weight is 277 g/mol. The summed E-state index contributed by atoms with van der Waals surface area (Å²) < 4.78 is 6.15. The van der Waals surface area contributed by atoms with Gasteiger partial charge in [-0.25, -0.2) is 0 Å². The van der Waals surface area contributed by atoms with Gasteiger partial charge in [0.15, 0.2) is 8.32 Å². The first-order chi connectivity index (χ1) is 7.26. The lowest BCUT2D eigenvalue weighted by Gasteiger charge is -2.37. The molecule has 0 radical (unpaired) electrons. The fourth-order valence-electron chi connectivity index (χ4n) is 1.63. The van der Waals surface area contributed by atoms with E-state index in [-0.39, 0.29) is 0 Å². The standard InChI is InChI=1S/C12H18Cl2OSi/c1-12(11(13)14,15-16(2,3)4)10-8-6-5-7-9-10/h5-9,11H,1-4H3. The highest BCUT2D eigenvalue weighted by Gasteiger charge is 2.38. The van der Waals surface area contributed by atoms with Crippen molar-refractivity contribution >= 4 is 31.5 Å². The molecule has 1 aromatic rings. The van der Waals surface area contributed by atoms with Gasteiger partial charge in [-0.15, -0.1) is 23.2 Å². The fourth-order valence-corrected chi connectivity index (χ4v) is 3.63. The van der Waals surface area contributed by atoms with E-state index in [2.05, 4.69) is 19.6 Å². The molecule has 0 aromatic heterocycles. The van der Waals surface area contributed by atoms with Crippen LogP contribution in [0.5, 0.6) is 0 Å². The number of alkyl halides is 2. The van der Waals surface area contributed by atoms with Gasteiger partial charge in [0.25, 0.3) is 0 Å². The molecule has 0 heterocycles. The second-order valence-electron chi connectivity index (χ2n) is 4.99. The van der Waals surface area contributed by atoms with Crippen molar-refractivity contribution in [3.05, 3.63) is 35.9 Å². The van der Waals surface area contributed by atoms with Gasteiger partial charge in [-0.3, -0.25) is 0 Å². The molecule has 0 N–H and O–H groups in total. The Bertz CT molecular complexity index is 335. The third-order valence-corrected chi connectivity index (χ3v) is 4.15. The molecule has 16 heavy (non-hydrogen) atoms. The summed E-state index contributed by atoms with van der Waals surface area (Å²) in [7, 11) is -1.71. The molecule has 0 amide bonds. The van der Waals surface area contributed by atoms with Crippen LogP contribution in [0, 0.1) is 0 Å². The summed E-state index contributed by atoms with van der Waals surface area (Å²) in [4.78, 5) is -0.582. The number of benzene rings is 1. The predicted octanol–water partition coefficient (Wildman–Crippen LogP) is 4.56. The number of halogens is 2. The Morgan fingerprint density at radius 1 is 1.12 bits per heavy atom. The van der Waals surface area contributed by atoms with Crippen LogP contribution in [0.3, 0.4) is 0 Å². The van der Waals surface area contributed by atoms with Crippen LogP contribution in [-0.2, 0) is 10.0 Å². The topological polar surface area (TPSA) is 9.23 Å². The van der Waals surface area contributed by atoms with Crippen LogP contribution in [0.2, 0.25) is 19.6 Å². The predicted molar refractivity (Wildman–Crippen MR) is 73.7 cm³/mol. The highest BCUT2D eigenvalue weighted by molar-refractivity contribution is 6.70. The van der Waals surface area contributed by atoms with Crippen LogP contribution >= 0.6 is 23.2 Å². The molecule has 0 fully saturated rings. The molecule has 1 unspecified atom stereocenters. The molecule has 1 atom stereocenters. The van der Waals surface area contributed by atoms with Crippen molar-refractivity contribution in [2.75, 3.05) is 0 Å². The van der Waals surface area contributed by atoms with E-state index in [4.69, 9.17) is 27.6 Å². The summed E-state index contributed by atoms with van der Waals surface area (Å²) in [6, 6.07) is 9.90. The molecule has 0 aliphatic heterocycles. The van der Waals surface area contributed by atoms with Crippen molar-refractivity contribution in [1.29, 1.82) is 0 Å². The summed E-state index contributed by atoms with van der Waals surface area (Å²) >= 11 is 12.2. The first-order valence-corrected chi connectivity index (χ1v) is 9.58. The van der Waals surface area contributed by atoms with Gasteiger partial charge in [-0.1, -0.05) is 30.3 Å². The summed E-state index contributed by atoms with van der Waals surface area (Å²) in [6.07, 6.45) is 0.